The lowest BCUT2D eigenvalue weighted by Crippen LogP contribution is -2.28. The molecule has 2 aromatic carbocycles. The van der Waals surface area contributed by atoms with Crippen LogP contribution in [0.1, 0.15) is 23.1 Å². The molecule has 0 unspecified atom stereocenters. The molecule has 2 rings (SSSR count). The molecule has 0 atom stereocenters. The van der Waals surface area contributed by atoms with E-state index < -0.39 is 27.7 Å². The van der Waals surface area contributed by atoms with Gasteiger partial charge in [-0.15, -0.1) is 0 Å². The van der Waals surface area contributed by atoms with E-state index in [1.807, 2.05) is 6.92 Å². The predicted octanol–water partition coefficient (Wildman–Crippen LogP) is 3.70. The highest BCUT2D eigenvalue weighted by Crippen LogP contribution is 2.34. The molecule has 0 heterocycles. The number of aryl methyl sites for hydroxylation is 2. The van der Waals surface area contributed by atoms with Crippen molar-refractivity contribution in [2.24, 2.45) is 0 Å². The zero-order chi connectivity index (χ0) is 22.7. The van der Waals surface area contributed by atoms with Gasteiger partial charge in [-0.1, -0.05) is 6.07 Å². The molecule has 10 heteroatoms. The Hall–Kier alpha value is -2.59. The van der Waals surface area contributed by atoms with Gasteiger partial charge < -0.3 is 10.2 Å². The molecule has 0 aliphatic carbocycles. The summed E-state index contributed by atoms with van der Waals surface area (Å²) in [6, 6.07) is 7.74. The molecule has 0 aromatic heterocycles. The van der Waals surface area contributed by atoms with E-state index in [0.717, 1.165) is 23.3 Å². The van der Waals surface area contributed by atoms with Gasteiger partial charge in [-0.05, 0) is 55.3 Å². The van der Waals surface area contributed by atoms with Crippen molar-refractivity contribution in [1.82, 2.24) is 4.72 Å². The Bertz CT molecular complexity index is 1040. The molecular formula is C20H24F3N3O3S. The van der Waals surface area contributed by atoms with E-state index in [4.69, 9.17) is 0 Å². The number of carbonyl (C=O) groups excluding carboxylic acids is 1. The minimum atomic E-state index is -4.55. The van der Waals surface area contributed by atoms with Gasteiger partial charge in [0, 0.05) is 27.1 Å². The first-order valence-electron chi connectivity index (χ1n) is 9.06. The van der Waals surface area contributed by atoms with Crippen LogP contribution in [-0.4, -0.2) is 35.0 Å². The van der Waals surface area contributed by atoms with Crippen molar-refractivity contribution < 1.29 is 26.4 Å². The second kappa shape index (κ2) is 9.05. The lowest BCUT2D eigenvalue weighted by Gasteiger charge is -2.20. The largest absolute Gasteiger partial charge is 0.416 e. The first kappa shape index (κ1) is 23.7. The van der Waals surface area contributed by atoms with E-state index in [1.165, 1.54) is 18.2 Å². The van der Waals surface area contributed by atoms with Crippen LogP contribution in [0.3, 0.4) is 0 Å². The number of hydrogen-bond acceptors (Lipinski definition) is 4. The number of hydrogen-bond donors (Lipinski definition) is 2. The van der Waals surface area contributed by atoms with Crippen molar-refractivity contribution in [3.8, 4) is 0 Å². The zero-order valence-electron chi connectivity index (χ0n) is 17.1. The molecule has 0 saturated carbocycles. The van der Waals surface area contributed by atoms with Crippen molar-refractivity contribution in [3.05, 3.63) is 53.1 Å². The van der Waals surface area contributed by atoms with Gasteiger partial charge in [-0.2, -0.15) is 13.2 Å². The summed E-state index contributed by atoms with van der Waals surface area (Å²) in [4.78, 5) is 13.9. The first-order chi connectivity index (χ1) is 13.8. The van der Waals surface area contributed by atoms with Crippen LogP contribution >= 0.6 is 0 Å². The molecule has 6 nitrogen and oxygen atoms in total. The molecule has 0 radical (unpaired) electrons. The van der Waals surface area contributed by atoms with Gasteiger partial charge in [-0.3, -0.25) is 4.79 Å². The maximum atomic E-state index is 13.0. The van der Waals surface area contributed by atoms with E-state index in [0.29, 0.717) is 5.69 Å². The van der Waals surface area contributed by atoms with Crippen LogP contribution < -0.4 is 14.9 Å². The summed E-state index contributed by atoms with van der Waals surface area (Å²) >= 11 is 0. The molecule has 0 spiro atoms. The quantitative estimate of drug-likeness (QED) is 0.684. The fourth-order valence-corrected chi connectivity index (χ4v) is 3.80. The molecule has 0 bridgehead atoms. The number of halogens is 3. The van der Waals surface area contributed by atoms with E-state index in [1.54, 1.807) is 32.0 Å². The molecule has 2 N–H and O–H groups in total. The molecule has 0 aliphatic rings. The third kappa shape index (κ3) is 5.96. The van der Waals surface area contributed by atoms with Gasteiger partial charge in [-0.25, -0.2) is 13.1 Å². The van der Waals surface area contributed by atoms with Gasteiger partial charge in [0.25, 0.3) is 0 Å². The number of alkyl halides is 3. The highest BCUT2D eigenvalue weighted by molar-refractivity contribution is 7.89. The number of carbonyl (C=O) groups is 1. The first-order valence-corrected chi connectivity index (χ1v) is 10.5. The highest BCUT2D eigenvalue weighted by Gasteiger charge is 2.31. The average Bonchev–Trinajstić information content (AvgIpc) is 2.62. The van der Waals surface area contributed by atoms with Crippen LogP contribution in [0.2, 0.25) is 0 Å². The van der Waals surface area contributed by atoms with Crippen LogP contribution in [0.15, 0.2) is 41.3 Å². The fourth-order valence-electron chi connectivity index (χ4n) is 2.68. The molecule has 0 fully saturated rings. The van der Waals surface area contributed by atoms with Crippen molar-refractivity contribution in [2.45, 2.75) is 31.3 Å². The zero-order valence-corrected chi connectivity index (χ0v) is 17.9. The number of nitrogens with one attached hydrogen (secondary N) is 2. The molecule has 164 valence electrons. The van der Waals surface area contributed by atoms with Crippen LogP contribution in [0.5, 0.6) is 0 Å². The van der Waals surface area contributed by atoms with E-state index in [-0.39, 0.29) is 23.5 Å². The summed E-state index contributed by atoms with van der Waals surface area (Å²) in [5.74, 6) is -0.611. The second-order valence-corrected chi connectivity index (χ2v) is 8.83. The SMILES string of the molecule is Cc1ccc(S(=O)(=O)NCCC(=O)Nc2cc(C(F)(F)F)ccc2N(C)C)cc1C. The smallest absolute Gasteiger partial charge is 0.376 e. The molecule has 2 aromatic rings. The summed E-state index contributed by atoms with van der Waals surface area (Å²) in [5, 5.41) is 2.43. The average molecular weight is 443 g/mol. The highest BCUT2D eigenvalue weighted by atomic mass is 32.2. The lowest BCUT2D eigenvalue weighted by molar-refractivity contribution is -0.137. The Kier molecular flexibility index (Phi) is 7.14. The van der Waals surface area contributed by atoms with E-state index in [9.17, 15) is 26.4 Å². The normalized spacial score (nSPS) is 12.0. The van der Waals surface area contributed by atoms with Gasteiger partial charge in [0.2, 0.25) is 15.9 Å². The van der Waals surface area contributed by atoms with Gasteiger partial charge in [0.15, 0.2) is 0 Å². The maximum absolute atomic E-state index is 13.0. The Balaban J connectivity index is 2.06. The van der Waals surface area contributed by atoms with Crippen LogP contribution in [-0.2, 0) is 21.0 Å². The number of nitrogens with zero attached hydrogens (tertiary/aromatic N) is 1. The second-order valence-electron chi connectivity index (χ2n) is 7.07. The molecule has 30 heavy (non-hydrogen) atoms. The Morgan fingerprint density at radius 2 is 1.70 bits per heavy atom. The number of sulfonamides is 1. The maximum Gasteiger partial charge on any atom is 0.416 e. The van der Waals surface area contributed by atoms with Gasteiger partial charge >= 0.3 is 6.18 Å². The van der Waals surface area contributed by atoms with Crippen LogP contribution in [0.25, 0.3) is 0 Å². The fraction of sp³-hybridized carbons (Fsp3) is 0.350. The van der Waals surface area contributed by atoms with E-state index >= 15 is 0 Å². The predicted molar refractivity (Wildman–Crippen MR) is 110 cm³/mol. The Labute approximate surface area is 174 Å². The Morgan fingerprint density at radius 3 is 2.27 bits per heavy atom. The topological polar surface area (TPSA) is 78.5 Å². The summed E-state index contributed by atoms with van der Waals surface area (Å²) in [5.41, 5.74) is 1.27. The van der Waals surface area contributed by atoms with Crippen molar-refractivity contribution >= 4 is 27.3 Å². The summed E-state index contributed by atoms with van der Waals surface area (Å²) in [6.45, 7) is 3.45. The minimum Gasteiger partial charge on any atom is -0.376 e. The molecule has 0 aliphatic heterocycles. The molecular weight excluding hydrogens is 419 g/mol. The van der Waals surface area contributed by atoms with Crippen LogP contribution in [0.4, 0.5) is 24.5 Å². The van der Waals surface area contributed by atoms with Gasteiger partial charge in [0.05, 0.1) is 21.8 Å². The summed E-state index contributed by atoms with van der Waals surface area (Å²) in [7, 11) is -0.533. The molecule has 1 amide bonds. The third-order valence-corrected chi connectivity index (χ3v) is 5.97. The van der Waals surface area contributed by atoms with Crippen molar-refractivity contribution in [1.29, 1.82) is 0 Å². The monoisotopic (exact) mass is 443 g/mol. The minimum absolute atomic E-state index is 0.00292. The lowest BCUT2D eigenvalue weighted by atomic mass is 10.1. The number of rotatable bonds is 7. The third-order valence-electron chi connectivity index (χ3n) is 4.51. The molecule has 0 saturated heterocycles. The Morgan fingerprint density at radius 1 is 1.03 bits per heavy atom. The summed E-state index contributed by atoms with van der Waals surface area (Å²) in [6.07, 6.45) is -4.79. The van der Waals surface area contributed by atoms with Crippen molar-refractivity contribution in [2.75, 3.05) is 30.9 Å². The number of benzene rings is 2. The van der Waals surface area contributed by atoms with Gasteiger partial charge in [0.1, 0.15) is 0 Å². The standard InChI is InChI=1S/C20H24F3N3O3S/c1-13-5-7-16(11-14(13)2)30(28,29)24-10-9-19(27)25-17-12-15(20(21,22)23)6-8-18(17)26(3)4/h5-8,11-12,24H,9-10H2,1-4H3,(H,25,27). The van der Waals surface area contributed by atoms with Crippen molar-refractivity contribution in [3.63, 3.8) is 0 Å². The number of amides is 1. The summed E-state index contributed by atoms with van der Waals surface area (Å²) < 4.78 is 66.0. The number of anilines is 2. The van der Waals surface area contributed by atoms with E-state index in [2.05, 4.69) is 10.0 Å². The van der Waals surface area contributed by atoms with Crippen LogP contribution in [0, 0.1) is 13.8 Å².